The number of ether oxygens (including phenoxy) is 2. The Kier molecular flexibility index (Phi) is 7.39. The zero-order valence-corrected chi connectivity index (χ0v) is 23.6. The number of aliphatic hydroxyl groups is 1. The smallest absolute Gasteiger partial charge is 0.255 e. The number of benzene rings is 2. The first-order chi connectivity index (χ1) is 19.5. The van der Waals surface area contributed by atoms with Gasteiger partial charge in [-0.25, -0.2) is 21.6 Å². The second kappa shape index (κ2) is 10.5. The Balaban J connectivity index is 1.13. The lowest BCUT2D eigenvalue weighted by molar-refractivity contribution is -0.353. The number of carbonyl (C=O) groups excluding carboxylic acids is 1. The molecule has 1 saturated heterocycles. The van der Waals surface area contributed by atoms with Crippen LogP contribution in [0.15, 0.2) is 35.2 Å². The predicted octanol–water partition coefficient (Wildman–Crippen LogP) is 3.66. The topological polar surface area (TPSA) is 105 Å². The molecule has 8 nitrogen and oxygen atoms in total. The number of hydrogen-bond acceptors (Lipinski definition) is 7. The van der Waals surface area contributed by atoms with E-state index in [1.165, 1.54) is 12.1 Å². The van der Waals surface area contributed by atoms with Gasteiger partial charge in [0.2, 0.25) is 0 Å². The van der Waals surface area contributed by atoms with Crippen LogP contribution in [0.1, 0.15) is 29.6 Å². The van der Waals surface area contributed by atoms with E-state index in [0.717, 1.165) is 32.1 Å². The summed E-state index contributed by atoms with van der Waals surface area (Å²) in [4.78, 5) is 14.8. The quantitative estimate of drug-likeness (QED) is 0.328. The van der Waals surface area contributed by atoms with Crippen LogP contribution < -0.4 is 5.32 Å². The maximum absolute atomic E-state index is 13.8. The fraction of sp³-hybridized carbons (Fsp3) is 0.536. The van der Waals surface area contributed by atoms with Gasteiger partial charge in [0.25, 0.3) is 5.91 Å². The minimum absolute atomic E-state index is 0.0572. The molecular formula is C28H30ClF3N2O6S. The third kappa shape index (κ3) is 4.58. The van der Waals surface area contributed by atoms with Crippen molar-refractivity contribution in [2.45, 2.75) is 35.0 Å². The van der Waals surface area contributed by atoms with Crippen molar-refractivity contribution in [1.82, 2.24) is 4.90 Å². The van der Waals surface area contributed by atoms with Gasteiger partial charge in [-0.1, -0.05) is 11.6 Å². The van der Waals surface area contributed by atoms with Crippen LogP contribution in [0.25, 0.3) is 0 Å². The fourth-order valence-corrected chi connectivity index (χ4v) is 10.3. The number of nitrogens with zero attached hydrogens (tertiary/aromatic N) is 1. The Morgan fingerprint density at radius 2 is 1.85 bits per heavy atom. The molecule has 1 aliphatic heterocycles. The summed E-state index contributed by atoms with van der Waals surface area (Å²) in [6.07, 6.45) is 1.67. The first-order valence-corrected chi connectivity index (χ1v) is 15.5. The number of nitrogens with one attached hydrogen (secondary N) is 1. The van der Waals surface area contributed by atoms with Gasteiger partial charge in [-0.3, -0.25) is 9.69 Å². The number of rotatable bonds is 9. The van der Waals surface area contributed by atoms with Crippen LogP contribution in [0.3, 0.4) is 0 Å². The minimum atomic E-state index is -3.99. The molecule has 41 heavy (non-hydrogen) atoms. The lowest BCUT2D eigenvalue weighted by Crippen LogP contribution is -2.85. The van der Waals surface area contributed by atoms with E-state index in [2.05, 4.69) is 10.2 Å². The number of amides is 1. The minimum Gasteiger partial charge on any atom is -0.387 e. The number of morpholine rings is 1. The molecule has 13 heteroatoms. The van der Waals surface area contributed by atoms with E-state index >= 15 is 0 Å². The zero-order valence-electron chi connectivity index (χ0n) is 22.0. The van der Waals surface area contributed by atoms with Gasteiger partial charge < -0.3 is 19.9 Å². The summed E-state index contributed by atoms with van der Waals surface area (Å²) in [5, 5.41) is 12.9. The van der Waals surface area contributed by atoms with Crippen LogP contribution in [0, 0.1) is 34.7 Å². The molecule has 2 aromatic rings. The lowest BCUT2D eigenvalue weighted by Gasteiger charge is -2.80. The second-order valence-corrected chi connectivity index (χ2v) is 13.9. The van der Waals surface area contributed by atoms with Crippen molar-refractivity contribution >= 4 is 33.0 Å². The van der Waals surface area contributed by atoms with Gasteiger partial charge in [-0.05, 0) is 49.3 Å². The summed E-state index contributed by atoms with van der Waals surface area (Å²) in [7, 11) is -3.99. The highest BCUT2D eigenvalue weighted by molar-refractivity contribution is 7.92. The molecule has 1 spiro atoms. The maximum Gasteiger partial charge on any atom is 0.255 e. The average molecular weight is 615 g/mol. The number of carbonyl (C=O) groups is 1. The highest BCUT2D eigenvalue weighted by Gasteiger charge is 2.83. The maximum atomic E-state index is 13.8. The molecule has 1 amide bonds. The summed E-state index contributed by atoms with van der Waals surface area (Å²) in [5.41, 5.74) is -2.01. The van der Waals surface area contributed by atoms with Gasteiger partial charge >= 0.3 is 0 Å². The van der Waals surface area contributed by atoms with Crippen molar-refractivity contribution in [3.8, 4) is 0 Å². The highest BCUT2D eigenvalue weighted by atomic mass is 35.5. The summed E-state index contributed by atoms with van der Waals surface area (Å²) >= 11 is 6.30. The summed E-state index contributed by atoms with van der Waals surface area (Å²) in [5.74, 6) is -5.97. The molecule has 222 valence electrons. The first kappa shape index (κ1) is 28.9. The largest absolute Gasteiger partial charge is 0.387 e. The molecule has 6 rings (SSSR count). The SMILES string of the molecule is O=C(Nc1cc(F)c(F)c(F)c1)c1ccc(Cl)c(S(=O)(=O)[C@H]2C3CCC34C2C[C@]4(O)COCCN2CCOCC2)c1. The molecule has 0 aromatic heterocycles. The molecule has 3 saturated carbocycles. The number of sulfone groups is 1. The normalized spacial score (nSPS) is 30.8. The molecule has 2 aromatic carbocycles. The predicted molar refractivity (Wildman–Crippen MR) is 143 cm³/mol. The second-order valence-electron chi connectivity index (χ2n) is 11.4. The van der Waals surface area contributed by atoms with E-state index in [1.807, 2.05) is 0 Å². The molecule has 4 fully saturated rings. The Morgan fingerprint density at radius 3 is 2.49 bits per heavy atom. The van der Waals surface area contributed by atoms with Crippen molar-refractivity contribution in [3.63, 3.8) is 0 Å². The molecule has 2 N–H and O–H groups in total. The molecule has 4 aliphatic rings. The highest BCUT2D eigenvalue weighted by Crippen LogP contribution is 2.80. The van der Waals surface area contributed by atoms with Crippen LogP contribution in [0.2, 0.25) is 5.02 Å². The molecular weight excluding hydrogens is 585 g/mol. The number of hydrogen-bond donors (Lipinski definition) is 2. The molecule has 3 aliphatic carbocycles. The van der Waals surface area contributed by atoms with Gasteiger partial charge in [-0.2, -0.15) is 0 Å². The molecule has 3 unspecified atom stereocenters. The van der Waals surface area contributed by atoms with Gasteiger partial charge in [0.1, 0.15) is 0 Å². The van der Waals surface area contributed by atoms with Crippen LogP contribution >= 0.6 is 11.6 Å². The van der Waals surface area contributed by atoms with Crippen molar-refractivity contribution in [2.75, 3.05) is 51.4 Å². The Labute approximate surface area is 240 Å². The van der Waals surface area contributed by atoms with E-state index in [-0.39, 0.29) is 39.6 Å². The number of halogens is 4. The Bertz CT molecular complexity index is 1460. The lowest BCUT2D eigenvalue weighted by atomic mass is 9.28. The van der Waals surface area contributed by atoms with Crippen LogP contribution in [-0.2, 0) is 19.3 Å². The van der Waals surface area contributed by atoms with E-state index < -0.39 is 49.5 Å². The van der Waals surface area contributed by atoms with Crippen molar-refractivity contribution < 1.29 is 41.0 Å². The van der Waals surface area contributed by atoms with Crippen LogP contribution in [0.4, 0.5) is 18.9 Å². The summed E-state index contributed by atoms with van der Waals surface area (Å²) in [6, 6.07) is 4.96. The van der Waals surface area contributed by atoms with Crippen LogP contribution in [-0.4, -0.2) is 81.2 Å². The van der Waals surface area contributed by atoms with Crippen molar-refractivity contribution in [1.29, 1.82) is 0 Å². The molecule has 0 radical (unpaired) electrons. The number of anilines is 1. The molecule has 0 bridgehead atoms. The van der Waals surface area contributed by atoms with Gasteiger partial charge in [0, 0.05) is 48.4 Å². The van der Waals surface area contributed by atoms with Crippen molar-refractivity contribution in [3.05, 3.63) is 58.4 Å². The van der Waals surface area contributed by atoms with E-state index in [1.54, 1.807) is 0 Å². The van der Waals surface area contributed by atoms with Crippen molar-refractivity contribution in [2.24, 2.45) is 17.3 Å². The summed E-state index contributed by atoms with van der Waals surface area (Å²) in [6.45, 7) is 4.43. The standard InChI is InChI=1S/C28H30ClF3N2O6S/c29-20-2-1-16(26(35)33-17-12-21(30)24(32)22(31)13-17)11-23(20)41(37,38)25-18-3-4-28(18)19(25)14-27(28,36)15-40-10-7-34-5-8-39-9-6-34/h1-2,11-13,18-19,25,36H,3-10,14-15H2,(H,33,35)/t18?,19?,25-,27-,28?/m0/s1. The zero-order chi connectivity index (χ0) is 29.2. The van der Waals surface area contributed by atoms with E-state index in [9.17, 15) is 31.5 Å². The Morgan fingerprint density at radius 1 is 1.15 bits per heavy atom. The third-order valence-electron chi connectivity index (χ3n) is 9.51. The van der Waals surface area contributed by atoms with Gasteiger partial charge in [0.15, 0.2) is 27.3 Å². The van der Waals surface area contributed by atoms with Gasteiger partial charge in [-0.15, -0.1) is 0 Å². The third-order valence-corrected chi connectivity index (χ3v) is 12.3. The van der Waals surface area contributed by atoms with Crippen LogP contribution in [0.5, 0.6) is 0 Å². The van der Waals surface area contributed by atoms with E-state index in [0.29, 0.717) is 44.8 Å². The summed E-state index contributed by atoms with van der Waals surface area (Å²) < 4.78 is 79.3. The fourth-order valence-electron chi connectivity index (χ4n) is 7.36. The monoisotopic (exact) mass is 614 g/mol. The first-order valence-electron chi connectivity index (χ1n) is 13.6. The average Bonchev–Trinajstić information content (AvgIpc) is 2.91. The van der Waals surface area contributed by atoms with Gasteiger partial charge in [0.05, 0.1) is 47.2 Å². The Hall–Kier alpha value is -2.22. The molecule has 5 atom stereocenters. The van der Waals surface area contributed by atoms with E-state index in [4.69, 9.17) is 21.1 Å². The molecule has 1 heterocycles.